The molecule has 0 spiro atoms. The van der Waals surface area contributed by atoms with Crippen molar-refractivity contribution < 1.29 is 4.52 Å². The first-order chi connectivity index (χ1) is 10.4. The van der Waals surface area contributed by atoms with Gasteiger partial charge in [0.2, 0.25) is 0 Å². The summed E-state index contributed by atoms with van der Waals surface area (Å²) in [5.74, 6) is 1.33. The van der Waals surface area contributed by atoms with E-state index < -0.39 is 0 Å². The van der Waals surface area contributed by atoms with Crippen LogP contribution in [0.5, 0.6) is 0 Å². The summed E-state index contributed by atoms with van der Waals surface area (Å²) >= 11 is 1.64. The molecule has 1 fully saturated rings. The van der Waals surface area contributed by atoms with E-state index in [0.29, 0.717) is 5.89 Å². The number of rotatable bonds is 2. The Balaban J connectivity index is 1.89. The fraction of sp³-hybridized carbons (Fsp3) is 0.667. The maximum atomic E-state index is 5.51. The van der Waals surface area contributed by atoms with Crippen molar-refractivity contribution in [2.45, 2.75) is 39.2 Å². The predicted octanol–water partition coefficient (Wildman–Crippen LogP) is 2.38. The van der Waals surface area contributed by atoms with Crippen LogP contribution < -0.4 is 5.32 Å². The molecule has 3 rings (SSSR count). The molecule has 6 nitrogen and oxygen atoms in total. The van der Waals surface area contributed by atoms with Crippen LogP contribution in [0.15, 0.2) is 4.52 Å². The molecule has 1 unspecified atom stereocenters. The van der Waals surface area contributed by atoms with Crippen LogP contribution in [0, 0.1) is 6.92 Å². The minimum atomic E-state index is 0.0318. The summed E-state index contributed by atoms with van der Waals surface area (Å²) in [6.45, 7) is 11.3. The lowest BCUT2D eigenvalue weighted by atomic mass is 9.98. The number of aryl methyl sites for hydroxylation is 1. The number of nitrogens with one attached hydrogen (secondary N) is 1. The van der Waals surface area contributed by atoms with Gasteiger partial charge in [-0.05, 0) is 14.0 Å². The Hall–Kier alpha value is -1.31. The van der Waals surface area contributed by atoms with Gasteiger partial charge in [0.1, 0.15) is 4.88 Å². The maximum absolute atomic E-state index is 5.51. The van der Waals surface area contributed by atoms with Gasteiger partial charge in [0.05, 0.1) is 16.7 Å². The molecule has 7 heteroatoms. The van der Waals surface area contributed by atoms with Gasteiger partial charge in [0.25, 0.3) is 5.89 Å². The topological polar surface area (TPSA) is 67.1 Å². The van der Waals surface area contributed by atoms with Crippen LogP contribution in [0.4, 0.5) is 0 Å². The number of hydrogen-bond acceptors (Lipinski definition) is 7. The molecule has 0 aliphatic carbocycles. The van der Waals surface area contributed by atoms with Crippen molar-refractivity contribution in [1.82, 2.24) is 25.3 Å². The third-order valence-corrected chi connectivity index (χ3v) is 5.45. The van der Waals surface area contributed by atoms with Crippen molar-refractivity contribution in [3.05, 3.63) is 16.5 Å². The SMILES string of the molecule is Cc1nc(C(C)(C)C)sc1-c1nc(C2CNCCN2C)no1. The summed E-state index contributed by atoms with van der Waals surface area (Å²) in [4.78, 5) is 12.5. The van der Waals surface area contributed by atoms with Gasteiger partial charge < -0.3 is 9.84 Å². The molecule has 0 amide bonds. The normalized spacial score (nSPS) is 20.5. The molecule has 0 aromatic carbocycles. The van der Waals surface area contributed by atoms with E-state index in [9.17, 15) is 0 Å². The highest BCUT2D eigenvalue weighted by Crippen LogP contribution is 2.35. The summed E-state index contributed by atoms with van der Waals surface area (Å²) in [6, 6.07) is 0.168. The van der Waals surface area contributed by atoms with Gasteiger partial charge >= 0.3 is 0 Å². The molecule has 0 saturated carbocycles. The van der Waals surface area contributed by atoms with Crippen LogP contribution in [0.3, 0.4) is 0 Å². The van der Waals surface area contributed by atoms with E-state index >= 15 is 0 Å². The summed E-state index contributed by atoms with van der Waals surface area (Å²) in [5, 5.41) is 8.66. The highest BCUT2D eigenvalue weighted by molar-refractivity contribution is 7.15. The Kier molecular flexibility index (Phi) is 4.05. The van der Waals surface area contributed by atoms with Crippen LogP contribution in [0.25, 0.3) is 10.8 Å². The second-order valence-corrected chi connectivity index (χ2v) is 7.84. The molecule has 22 heavy (non-hydrogen) atoms. The first kappa shape index (κ1) is 15.6. The smallest absolute Gasteiger partial charge is 0.269 e. The highest BCUT2D eigenvalue weighted by Gasteiger charge is 2.27. The van der Waals surface area contributed by atoms with Crippen molar-refractivity contribution in [3.8, 4) is 10.8 Å². The Bertz CT molecular complexity index is 657. The molecule has 1 N–H and O–H groups in total. The van der Waals surface area contributed by atoms with Crippen molar-refractivity contribution in [1.29, 1.82) is 0 Å². The second-order valence-electron chi connectivity index (χ2n) is 6.84. The average Bonchev–Trinajstić information content (AvgIpc) is 3.05. The molecule has 2 aromatic rings. The first-order valence-corrected chi connectivity index (χ1v) is 8.41. The van der Waals surface area contributed by atoms with E-state index in [1.807, 2.05) is 6.92 Å². The van der Waals surface area contributed by atoms with Crippen LogP contribution in [-0.2, 0) is 5.41 Å². The number of nitrogens with zero attached hydrogens (tertiary/aromatic N) is 4. The zero-order valence-electron chi connectivity index (χ0n) is 13.8. The summed E-state index contributed by atoms with van der Waals surface area (Å²) < 4.78 is 5.51. The second kappa shape index (κ2) is 5.72. The monoisotopic (exact) mass is 321 g/mol. The van der Waals surface area contributed by atoms with Gasteiger partial charge in [0, 0.05) is 25.0 Å². The van der Waals surface area contributed by atoms with Crippen LogP contribution in [-0.4, -0.2) is 46.7 Å². The van der Waals surface area contributed by atoms with Gasteiger partial charge in [-0.3, -0.25) is 4.90 Å². The van der Waals surface area contributed by atoms with Gasteiger partial charge in [-0.15, -0.1) is 11.3 Å². The number of hydrogen-bond donors (Lipinski definition) is 1. The molecule has 1 aliphatic heterocycles. The minimum absolute atomic E-state index is 0.0318. The van der Waals surface area contributed by atoms with Crippen molar-refractivity contribution in [2.75, 3.05) is 26.7 Å². The highest BCUT2D eigenvalue weighted by atomic mass is 32.1. The van der Waals surface area contributed by atoms with E-state index in [1.54, 1.807) is 11.3 Å². The van der Waals surface area contributed by atoms with Gasteiger partial charge in [-0.25, -0.2) is 4.98 Å². The third kappa shape index (κ3) is 2.93. The zero-order valence-corrected chi connectivity index (χ0v) is 14.6. The number of aromatic nitrogens is 3. The van der Waals surface area contributed by atoms with Crippen LogP contribution >= 0.6 is 11.3 Å². The number of thiazole rings is 1. The lowest BCUT2D eigenvalue weighted by molar-refractivity contribution is 0.190. The Morgan fingerprint density at radius 3 is 2.73 bits per heavy atom. The van der Waals surface area contributed by atoms with Gasteiger partial charge in [-0.1, -0.05) is 25.9 Å². The molecule has 0 radical (unpaired) electrons. The predicted molar refractivity (Wildman–Crippen MR) is 87.1 cm³/mol. The van der Waals surface area contributed by atoms with Gasteiger partial charge in [-0.2, -0.15) is 4.98 Å². The molecular weight excluding hydrogens is 298 g/mol. The third-order valence-electron chi connectivity index (χ3n) is 3.88. The molecule has 2 aromatic heterocycles. The van der Waals surface area contributed by atoms with Crippen LogP contribution in [0.1, 0.15) is 43.3 Å². The maximum Gasteiger partial charge on any atom is 0.269 e. The molecule has 1 atom stereocenters. The largest absolute Gasteiger partial charge is 0.333 e. The average molecular weight is 321 g/mol. The quantitative estimate of drug-likeness (QED) is 0.916. The molecule has 0 bridgehead atoms. The molecule has 1 aliphatic rings. The van der Waals surface area contributed by atoms with Gasteiger partial charge in [0.15, 0.2) is 5.82 Å². The minimum Gasteiger partial charge on any atom is -0.333 e. The lowest BCUT2D eigenvalue weighted by Gasteiger charge is -2.30. The molecule has 120 valence electrons. The van der Waals surface area contributed by atoms with Crippen molar-refractivity contribution >= 4 is 11.3 Å². The van der Waals surface area contributed by atoms with Crippen molar-refractivity contribution in [3.63, 3.8) is 0 Å². The Morgan fingerprint density at radius 1 is 1.32 bits per heavy atom. The fourth-order valence-corrected chi connectivity index (χ4v) is 3.52. The summed E-state index contributed by atoms with van der Waals surface area (Å²) in [7, 11) is 2.09. The zero-order chi connectivity index (χ0) is 15.9. The van der Waals surface area contributed by atoms with E-state index in [4.69, 9.17) is 4.52 Å². The molecular formula is C15H23N5OS. The summed E-state index contributed by atoms with van der Waals surface area (Å²) in [6.07, 6.45) is 0. The number of piperazine rings is 1. The number of likely N-dealkylation sites (N-methyl/N-ethyl adjacent to an activating group) is 1. The van der Waals surface area contributed by atoms with E-state index in [1.165, 1.54) is 0 Å². The fourth-order valence-electron chi connectivity index (χ4n) is 2.47. The molecule has 3 heterocycles. The lowest BCUT2D eigenvalue weighted by Crippen LogP contribution is -2.44. The Labute approximate surface area is 134 Å². The first-order valence-electron chi connectivity index (χ1n) is 7.59. The van der Waals surface area contributed by atoms with E-state index in [-0.39, 0.29) is 11.5 Å². The van der Waals surface area contributed by atoms with E-state index in [2.05, 4.69) is 53.2 Å². The van der Waals surface area contributed by atoms with Crippen LogP contribution in [0.2, 0.25) is 0 Å². The van der Waals surface area contributed by atoms with E-state index in [0.717, 1.165) is 41.0 Å². The van der Waals surface area contributed by atoms with Crippen molar-refractivity contribution in [2.24, 2.45) is 0 Å². The summed E-state index contributed by atoms with van der Waals surface area (Å²) in [5.41, 5.74) is 0.990. The standard InChI is InChI=1S/C15H23N5OS/c1-9-11(22-14(17-9)15(2,3)4)13-18-12(19-21-13)10-8-16-6-7-20(10)5/h10,16H,6-8H2,1-5H3. The molecule has 1 saturated heterocycles. The Morgan fingerprint density at radius 2 is 2.09 bits per heavy atom.